The van der Waals surface area contributed by atoms with Crippen LogP contribution in [0.4, 0.5) is 8.78 Å². The highest BCUT2D eigenvalue weighted by molar-refractivity contribution is 7.90. The van der Waals surface area contributed by atoms with E-state index < -0.39 is 31.5 Å². The molecule has 0 bridgehead atoms. The number of halogens is 2. The summed E-state index contributed by atoms with van der Waals surface area (Å²) in [5.41, 5.74) is 2.26. The molecule has 0 N–H and O–H groups in total. The van der Waals surface area contributed by atoms with E-state index in [4.69, 9.17) is 0 Å². The van der Waals surface area contributed by atoms with Crippen molar-refractivity contribution in [1.29, 1.82) is 0 Å². The fourth-order valence-corrected chi connectivity index (χ4v) is 8.20. The number of imidazole rings is 1. The monoisotopic (exact) mass is 608 g/mol. The van der Waals surface area contributed by atoms with Crippen molar-refractivity contribution in [2.45, 2.75) is 55.9 Å². The van der Waals surface area contributed by atoms with E-state index in [9.17, 15) is 25.6 Å². The second-order valence-corrected chi connectivity index (χ2v) is 15.6. The van der Waals surface area contributed by atoms with Crippen molar-refractivity contribution in [3.8, 4) is 0 Å². The highest BCUT2D eigenvalue weighted by Gasteiger charge is 2.32. The van der Waals surface area contributed by atoms with Crippen LogP contribution >= 0.6 is 0 Å². The number of sulfone groups is 1. The molecule has 12 heteroatoms. The van der Waals surface area contributed by atoms with Crippen LogP contribution in [0.15, 0.2) is 41.3 Å². The van der Waals surface area contributed by atoms with Gasteiger partial charge in [0.2, 0.25) is 10.0 Å². The minimum atomic E-state index is -3.31. The highest BCUT2D eigenvalue weighted by atomic mass is 32.2. The van der Waals surface area contributed by atoms with Gasteiger partial charge in [0, 0.05) is 44.5 Å². The van der Waals surface area contributed by atoms with Gasteiger partial charge in [0.25, 0.3) is 0 Å². The van der Waals surface area contributed by atoms with Gasteiger partial charge in [-0.1, -0.05) is 0 Å². The lowest BCUT2D eigenvalue weighted by Crippen LogP contribution is -2.40. The summed E-state index contributed by atoms with van der Waals surface area (Å²) in [7, 11) is -6.57. The second-order valence-electron chi connectivity index (χ2n) is 11.6. The molecule has 2 saturated heterocycles. The quantitative estimate of drug-likeness (QED) is 0.374. The Kier molecular flexibility index (Phi) is 8.58. The minimum Gasteiger partial charge on any atom is -0.325 e. The van der Waals surface area contributed by atoms with Gasteiger partial charge in [0.05, 0.1) is 22.2 Å². The molecule has 1 atom stereocenters. The fraction of sp³-hybridized carbons (Fsp3) is 0.552. The topological polar surface area (TPSA) is 92.6 Å². The zero-order chi connectivity index (χ0) is 29.5. The largest absolute Gasteiger partial charge is 0.325 e. The Bertz CT molecular complexity index is 1610. The number of hydrogen-bond donors (Lipinski definition) is 0. The number of nitrogens with zero attached hydrogens (tertiary/aromatic N) is 4. The van der Waals surface area contributed by atoms with E-state index in [-0.39, 0.29) is 22.8 Å². The van der Waals surface area contributed by atoms with Crippen molar-refractivity contribution in [3.63, 3.8) is 0 Å². The van der Waals surface area contributed by atoms with Crippen LogP contribution in [0.25, 0.3) is 11.0 Å². The number of rotatable bonds is 8. The fourth-order valence-electron chi connectivity index (χ4n) is 6.69. The molecule has 0 radical (unpaired) electrons. The number of aromatic nitrogens is 2. The Labute approximate surface area is 241 Å². The molecule has 2 aliphatic rings. The summed E-state index contributed by atoms with van der Waals surface area (Å²) < 4.78 is 80.1. The molecule has 1 aromatic heterocycles. The Morgan fingerprint density at radius 3 is 2.12 bits per heavy atom. The first-order valence-electron chi connectivity index (χ1n) is 14.1. The number of benzene rings is 2. The summed E-state index contributed by atoms with van der Waals surface area (Å²) in [5.74, 6) is -0.248. The molecular formula is C29H38F2N4O4S2. The molecule has 0 unspecified atom stereocenters. The van der Waals surface area contributed by atoms with E-state index >= 15 is 0 Å². The smallest absolute Gasteiger partial charge is 0.211 e. The van der Waals surface area contributed by atoms with Crippen LogP contribution in [-0.2, 0) is 19.9 Å². The summed E-state index contributed by atoms with van der Waals surface area (Å²) in [6, 6.07) is 9.10. The Hall–Kier alpha value is -2.41. The third kappa shape index (κ3) is 6.81. The first-order chi connectivity index (χ1) is 19.3. The molecule has 41 heavy (non-hydrogen) atoms. The normalized spacial score (nSPS) is 19.6. The summed E-state index contributed by atoms with van der Waals surface area (Å²) in [5, 5.41) is 0. The van der Waals surface area contributed by atoms with Gasteiger partial charge in [-0.25, -0.2) is 34.9 Å². The molecule has 0 aliphatic carbocycles. The average Bonchev–Trinajstić information content (AvgIpc) is 3.23. The van der Waals surface area contributed by atoms with Crippen LogP contribution in [0.3, 0.4) is 0 Å². The van der Waals surface area contributed by atoms with Crippen molar-refractivity contribution in [2.24, 2.45) is 5.92 Å². The number of fused-ring (bicyclic) bond motifs is 1. The van der Waals surface area contributed by atoms with Crippen molar-refractivity contribution < 1.29 is 25.6 Å². The predicted octanol–water partition coefficient (Wildman–Crippen LogP) is 4.51. The molecule has 3 aromatic rings. The number of piperidine rings is 2. The molecule has 8 nitrogen and oxygen atoms in total. The number of aryl methyl sites for hydroxylation is 1. The van der Waals surface area contributed by atoms with E-state index in [0.717, 1.165) is 56.3 Å². The number of likely N-dealkylation sites (tertiary alicyclic amines) is 1. The SMILES string of the molecule is Cc1nc2cc(S(C)(=O)=O)ccc2n1C1CCN(CC[C@@H](c2cc(F)cc(F)c2)C2CCN(S(C)(=O)=O)CC2)CC1. The van der Waals surface area contributed by atoms with Crippen LogP contribution in [0, 0.1) is 24.5 Å². The molecule has 0 spiro atoms. The number of sulfonamides is 1. The number of hydrogen-bond acceptors (Lipinski definition) is 6. The maximum atomic E-state index is 14.2. The lowest BCUT2D eigenvalue weighted by Gasteiger charge is -2.37. The van der Waals surface area contributed by atoms with Crippen LogP contribution in [0.2, 0.25) is 0 Å². The maximum absolute atomic E-state index is 14.2. The van der Waals surface area contributed by atoms with Gasteiger partial charge in [-0.3, -0.25) is 0 Å². The first-order valence-corrected chi connectivity index (χ1v) is 17.9. The van der Waals surface area contributed by atoms with Crippen molar-refractivity contribution in [3.05, 3.63) is 59.4 Å². The van der Waals surface area contributed by atoms with E-state index in [2.05, 4.69) is 14.5 Å². The molecule has 2 aliphatic heterocycles. The van der Waals surface area contributed by atoms with Crippen LogP contribution in [-0.4, -0.2) is 80.8 Å². The van der Waals surface area contributed by atoms with Gasteiger partial charge in [-0.2, -0.15) is 0 Å². The molecule has 2 fully saturated rings. The van der Waals surface area contributed by atoms with Crippen LogP contribution in [0.5, 0.6) is 0 Å². The maximum Gasteiger partial charge on any atom is 0.211 e. The zero-order valence-corrected chi connectivity index (χ0v) is 25.4. The summed E-state index contributed by atoms with van der Waals surface area (Å²) >= 11 is 0. The second kappa shape index (κ2) is 11.7. The Morgan fingerprint density at radius 1 is 0.902 bits per heavy atom. The molecule has 0 saturated carbocycles. The van der Waals surface area contributed by atoms with E-state index in [1.165, 1.54) is 28.9 Å². The minimum absolute atomic E-state index is 0.0662. The van der Waals surface area contributed by atoms with Crippen LogP contribution in [0.1, 0.15) is 55.5 Å². The zero-order valence-electron chi connectivity index (χ0n) is 23.8. The van der Waals surface area contributed by atoms with Gasteiger partial charge in [0.15, 0.2) is 9.84 Å². The summed E-state index contributed by atoms with van der Waals surface area (Å²) in [6.07, 6.45) is 6.29. The highest BCUT2D eigenvalue weighted by Crippen LogP contribution is 2.37. The van der Waals surface area contributed by atoms with Gasteiger partial charge in [-0.15, -0.1) is 0 Å². The lowest BCUT2D eigenvalue weighted by molar-refractivity contribution is 0.168. The summed E-state index contributed by atoms with van der Waals surface area (Å²) in [4.78, 5) is 7.30. The van der Waals surface area contributed by atoms with E-state index in [1.807, 2.05) is 13.0 Å². The molecule has 5 rings (SSSR count). The van der Waals surface area contributed by atoms with Crippen molar-refractivity contribution >= 4 is 30.9 Å². The van der Waals surface area contributed by atoms with Gasteiger partial charge >= 0.3 is 0 Å². The average molecular weight is 609 g/mol. The van der Waals surface area contributed by atoms with Crippen molar-refractivity contribution in [1.82, 2.24) is 18.8 Å². The Morgan fingerprint density at radius 2 is 1.54 bits per heavy atom. The first kappa shape index (κ1) is 30.1. The van der Waals surface area contributed by atoms with E-state index in [1.54, 1.807) is 12.1 Å². The Balaban J connectivity index is 1.26. The van der Waals surface area contributed by atoms with Crippen LogP contribution < -0.4 is 0 Å². The lowest BCUT2D eigenvalue weighted by atomic mass is 9.78. The van der Waals surface area contributed by atoms with E-state index in [0.29, 0.717) is 37.0 Å². The van der Waals surface area contributed by atoms with Gasteiger partial charge < -0.3 is 9.47 Å². The van der Waals surface area contributed by atoms with Gasteiger partial charge in [0.1, 0.15) is 17.5 Å². The molecular weight excluding hydrogens is 570 g/mol. The summed E-state index contributed by atoms with van der Waals surface area (Å²) in [6.45, 7) is 5.30. The molecule has 3 heterocycles. The third-order valence-electron chi connectivity index (χ3n) is 8.79. The molecule has 0 amide bonds. The molecule has 2 aromatic carbocycles. The third-order valence-corrected chi connectivity index (χ3v) is 11.2. The van der Waals surface area contributed by atoms with Gasteiger partial charge in [-0.05, 0) is 93.3 Å². The molecule has 224 valence electrons. The predicted molar refractivity (Wildman–Crippen MR) is 155 cm³/mol. The standard InChI is InChI=1S/C29H38F2N4O4S2/c1-20-32-28-19-26(40(2,36)37)4-5-29(28)35(20)25-8-11-33(12-9-25)13-10-27(22-16-23(30)18-24(31)17-22)21-6-14-34(15-7-21)41(3,38)39/h4-5,16-19,21,25,27H,6-15H2,1-3H3/t27-/m1/s1. The van der Waals surface area contributed by atoms with Crippen molar-refractivity contribution in [2.75, 3.05) is 45.2 Å².